The van der Waals surface area contributed by atoms with Gasteiger partial charge in [-0.05, 0) is 38.5 Å². The van der Waals surface area contributed by atoms with Gasteiger partial charge >= 0.3 is 0 Å². The van der Waals surface area contributed by atoms with E-state index in [1.165, 1.54) is 128 Å². The second-order valence-electron chi connectivity index (χ2n) is 15.5. The molecule has 0 bridgehead atoms. The molecule has 0 aromatic carbocycles. The number of ether oxygens (including phenoxy) is 2. The normalized spacial score (nSPS) is 21.8. The van der Waals surface area contributed by atoms with Crippen LogP contribution in [0.25, 0.3) is 0 Å². The van der Waals surface area contributed by atoms with Gasteiger partial charge in [0.25, 0.3) is 0 Å². The molecular weight excluding hydrogens is 670 g/mol. The van der Waals surface area contributed by atoms with Gasteiger partial charge in [-0.15, -0.1) is 0 Å². The molecule has 9 nitrogen and oxygen atoms in total. The zero-order chi connectivity index (χ0) is 38.8. The van der Waals surface area contributed by atoms with Crippen LogP contribution < -0.4 is 5.32 Å². The Kier molecular flexibility index (Phi) is 32.9. The van der Waals surface area contributed by atoms with Crippen LogP contribution in [0.3, 0.4) is 0 Å². The molecule has 0 aromatic heterocycles. The van der Waals surface area contributed by atoms with E-state index in [-0.39, 0.29) is 12.5 Å². The Labute approximate surface area is 324 Å². The summed E-state index contributed by atoms with van der Waals surface area (Å²) in [6.07, 6.45) is 33.6. The minimum absolute atomic E-state index is 0.179. The lowest BCUT2D eigenvalue weighted by molar-refractivity contribution is -0.302. The highest BCUT2D eigenvalue weighted by atomic mass is 16.7. The van der Waals surface area contributed by atoms with Crippen LogP contribution in [-0.4, -0.2) is 87.5 Å². The molecular formula is C44H83NO8. The summed E-state index contributed by atoms with van der Waals surface area (Å²) in [5.74, 6) is -0.179. The van der Waals surface area contributed by atoms with Gasteiger partial charge in [-0.1, -0.05) is 173 Å². The zero-order valence-electron chi connectivity index (χ0n) is 34.0. The number of aliphatic hydroxyl groups is 5. The van der Waals surface area contributed by atoms with E-state index in [0.717, 1.165) is 44.9 Å². The third kappa shape index (κ3) is 26.2. The highest BCUT2D eigenvalue weighted by molar-refractivity contribution is 5.76. The van der Waals surface area contributed by atoms with Gasteiger partial charge in [0.2, 0.25) is 5.91 Å². The monoisotopic (exact) mass is 754 g/mol. The van der Waals surface area contributed by atoms with E-state index in [0.29, 0.717) is 6.42 Å². The van der Waals surface area contributed by atoms with Crippen molar-refractivity contribution in [2.45, 2.75) is 236 Å². The molecule has 1 fully saturated rings. The van der Waals surface area contributed by atoms with Crippen molar-refractivity contribution in [2.75, 3.05) is 13.2 Å². The van der Waals surface area contributed by atoms with Crippen LogP contribution in [0.2, 0.25) is 0 Å². The highest BCUT2D eigenvalue weighted by Crippen LogP contribution is 2.22. The van der Waals surface area contributed by atoms with E-state index < -0.39 is 49.5 Å². The van der Waals surface area contributed by atoms with Gasteiger partial charge in [0, 0.05) is 6.42 Å². The van der Waals surface area contributed by atoms with Gasteiger partial charge in [0.1, 0.15) is 24.4 Å². The topological polar surface area (TPSA) is 149 Å². The number of amides is 1. The van der Waals surface area contributed by atoms with Gasteiger partial charge in [-0.2, -0.15) is 0 Å². The van der Waals surface area contributed by atoms with Crippen molar-refractivity contribution in [1.82, 2.24) is 5.32 Å². The van der Waals surface area contributed by atoms with Crippen molar-refractivity contribution >= 4 is 5.91 Å². The Balaban J connectivity index is 2.36. The van der Waals surface area contributed by atoms with Gasteiger partial charge in [-0.25, -0.2) is 0 Å². The Hall–Kier alpha value is -1.33. The van der Waals surface area contributed by atoms with Crippen LogP contribution in [0.4, 0.5) is 0 Å². The molecule has 2 unspecified atom stereocenters. The van der Waals surface area contributed by atoms with Crippen molar-refractivity contribution in [3.8, 4) is 0 Å². The molecule has 1 saturated heterocycles. The van der Waals surface area contributed by atoms with Crippen molar-refractivity contribution in [2.24, 2.45) is 0 Å². The minimum atomic E-state index is -1.56. The fourth-order valence-corrected chi connectivity index (χ4v) is 6.92. The number of nitrogens with one attached hydrogen (secondary N) is 1. The number of hydrogen-bond donors (Lipinski definition) is 6. The molecule has 1 heterocycles. The fourth-order valence-electron chi connectivity index (χ4n) is 6.92. The summed E-state index contributed by atoms with van der Waals surface area (Å²) in [6, 6.07) is -0.803. The molecule has 9 heteroatoms. The van der Waals surface area contributed by atoms with E-state index in [1.807, 2.05) is 6.08 Å². The molecule has 0 aromatic rings. The molecule has 1 aliphatic heterocycles. The van der Waals surface area contributed by atoms with Gasteiger partial charge in [0.05, 0.1) is 25.4 Å². The van der Waals surface area contributed by atoms with Crippen LogP contribution in [0, 0.1) is 0 Å². The first-order valence-electron chi connectivity index (χ1n) is 22.1. The largest absolute Gasteiger partial charge is 0.394 e. The molecule has 312 valence electrons. The van der Waals surface area contributed by atoms with E-state index in [4.69, 9.17) is 9.47 Å². The number of unbranched alkanes of at least 4 members (excludes halogenated alkanes) is 24. The van der Waals surface area contributed by atoms with Gasteiger partial charge in [0.15, 0.2) is 6.29 Å². The minimum Gasteiger partial charge on any atom is -0.394 e. The summed E-state index contributed by atoms with van der Waals surface area (Å²) >= 11 is 0. The van der Waals surface area contributed by atoms with Gasteiger partial charge in [-0.3, -0.25) is 4.79 Å². The number of carbonyl (C=O) groups is 1. The first-order chi connectivity index (χ1) is 25.8. The lowest BCUT2D eigenvalue weighted by atomic mass is 9.99. The average Bonchev–Trinajstić information content (AvgIpc) is 3.16. The molecule has 0 saturated carbocycles. The van der Waals surface area contributed by atoms with Crippen molar-refractivity contribution in [3.63, 3.8) is 0 Å². The number of hydrogen-bond acceptors (Lipinski definition) is 8. The van der Waals surface area contributed by atoms with Crippen LogP contribution in [0.1, 0.15) is 194 Å². The summed E-state index contributed by atoms with van der Waals surface area (Å²) in [5, 5.41) is 54.1. The molecule has 1 rings (SSSR count). The molecule has 0 aliphatic carbocycles. The molecule has 7 atom stereocenters. The maximum absolute atomic E-state index is 12.9. The summed E-state index contributed by atoms with van der Waals surface area (Å²) in [4.78, 5) is 12.9. The number of carbonyl (C=O) groups excluding carboxylic acids is 1. The molecule has 0 radical (unpaired) electrons. The first-order valence-corrected chi connectivity index (χ1v) is 22.1. The summed E-state index contributed by atoms with van der Waals surface area (Å²) < 4.78 is 11.2. The molecule has 53 heavy (non-hydrogen) atoms. The van der Waals surface area contributed by atoms with Crippen LogP contribution in [-0.2, 0) is 14.3 Å². The second kappa shape index (κ2) is 35.1. The van der Waals surface area contributed by atoms with E-state index in [1.54, 1.807) is 6.08 Å². The van der Waals surface area contributed by atoms with Crippen LogP contribution >= 0.6 is 0 Å². The van der Waals surface area contributed by atoms with E-state index >= 15 is 0 Å². The quantitative estimate of drug-likeness (QED) is 0.0275. The SMILES string of the molecule is CCC/C=C\CCCCCCCC/C=C/[C@@H](O)[C@H](CO[C@@H]1O[C@H](CO)[C@@H](O)C(O)C1O)NC(=O)CCCCCCCCCCCCCCCCCCC. The van der Waals surface area contributed by atoms with Crippen LogP contribution in [0.5, 0.6) is 0 Å². The molecule has 1 aliphatic rings. The van der Waals surface area contributed by atoms with Crippen molar-refractivity contribution < 1.29 is 39.8 Å². The van der Waals surface area contributed by atoms with E-state index in [2.05, 4.69) is 31.3 Å². The Morgan fingerprint density at radius 1 is 0.623 bits per heavy atom. The standard InChI is InChI=1S/C44H83NO8/c1-3-5-7-9-11-13-15-17-18-19-20-22-24-26-28-30-32-34-40(48)45-37(36-52-44-43(51)42(50)41(49)39(35-46)53-44)38(47)33-31-29-27-25-23-21-16-14-12-10-8-6-4-2/h8,10,31,33,37-39,41-44,46-47,49-51H,3-7,9,11-30,32,34-36H2,1-2H3,(H,45,48)/b10-8-,33-31+/t37-,38+,39+,41+,42?,43?,44+/m0/s1. The van der Waals surface area contributed by atoms with Crippen molar-refractivity contribution in [1.29, 1.82) is 0 Å². The number of allylic oxidation sites excluding steroid dienone is 3. The average molecular weight is 754 g/mol. The Morgan fingerprint density at radius 3 is 1.60 bits per heavy atom. The number of rotatable bonds is 36. The summed E-state index contributed by atoms with van der Waals surface area (Å²) in [6.45, 7) is 3.71. The van der Waals surface area contributed by atoms with Gasteiger partial charge < -0.3 is 40.3 Å². The third-order valence-electron chi connectivity index (χ3n) is 10.5. The highest BCUT2D eigenvalue weighted by Gasteiger charge is 2.44. The second-order valence-corrected chi connectivity index (χ2v) is 15.5. The predicted molar refractivity (Wildman–Crippen MR) is 217 cm³/mol. The first kappa shape index (κ1) is 49.7. The van der Waals surface area contributed by atoms with E-state index in [9.17, 15) is 30.3 Å². The number of aliphatic hydroxyl groups excluding tert-OH is 5. The fraction of sp³-hybridized carbons (Fsp3) is 0.886. The van der Waals surface area contributed by atoms with Crippen LogP contribution in [0.15, 0.2) is 24.3 Å². The Morgan fingerprint density at radius 2 is 1.09 bits per heavy atom. The molecule has 1 amide bonds. The summed E-state index contributed by atoms with van der Waals surface area (Å²) in [5.41, 5.74) is 0. The zero-order valence-corrected chi connectivity index (χ0v) is 34.0. The van der Waals surface area contributed by atoms with Crippen molar-refractivity contribution in [3.05, 3.63) is 24.3 Å². The molecule has 6 N–H and O–H groups in total. The lowest BCUT2D eigenvalue weighted by Gasteiger charge is -2.40. The molecule has 0 spiro atoms. The predicted octanol–water partition coefficient (Wildman–Crippen LogP) is 8.72. The maximum Gasteiger partial charge on any atom is 0.220 e. The smallest absolute Gasteiger partial charge is 0.220 e. The summed E-state index contributed by atoms with van der Waals surface area (Å²) in [7, 11) is 0. The third-order valence-corrected chi connectivity index (χ3v) is 10.5. The maximum atomic E-state index is 12.9. The lowest BCUT2D eigenvalue weighted by Crippen LogP contribution is -2.60. The Bertz CT molecular complexity index is 883.